The largest absolute Gasteiger partial charge is 0.354 e. The Bertz CT molecular complexity index is 895. The third-order valence-electron chi connectivity index (χ3n) is 4.85. The van der Waals surface area contributed by atoms with Crippen molar-refractivity contribution in [3.63, 3.8) is 0 Å². The Balaban J connectivity index is 0.00000300. The predicted octanol–water partition coefficient (Wildman–Crippen LogP) is 1.57. The van der Waals surface area contributed by atoms with Gasteiger partial charge in [-0.05, 0) is 31.4 Å². The molecular formula is C18H28IN7O2S. The van der Waals surface area contributed by atoms with E-state index in [9.17, 15) is 8.42 Å². The molecule has 0 bridgehead atoms. The second kappa shape index (κ2) is 10.9. The van der Waals surface area contributed by atoms with Crippen LogP contribution in [0.25, 0.3) is 11.4 Å². The molecule has 1 aromatic heterocycles. The topological polar surface area (TPSA) is 115 Å². The lowest BCUT2D eigenvalue weighted by molar-refractivity contribution is 0.306. The van der Waals surface area contributed by atoms with Crippen LogP contribution in [0.1, 0.15) is 25.3 Å². The first kappa shape index (κ1) is 23.5. The van der Waals surface area contributed by atoms with Gasteiger partial charge >= 0.3 is 0 Å². The van der Waals surface area contributed by atoms with Crippen molar-refractivity contribution in [2.75, 3.05) is 25.9 Å². The molecule has 1 saturated heterocycles. The fourth-order valence-corrected chi connectivity index (χ4v) is 4.34. The minimum absolute atomic E-state index is 0. The van der Waals surface area contributed by atoms with E-state index in [0.717, 1.165) is 29.8 Å². The van der Waals surface area contributed by atoms with Gasteiger partial charge < -0.3 is 10.6 Å². The Kier molecular flexibility index (Phi) is 8.83. The van der Waals surface area contributed by atoms with E-state index < -0.39 is 10.0 Å². The summed E-state index contributed by atoms with van der Waals surface area (Å²) in [6.45, 7) is 3.39. The number of hydrogen-bond donors (Lipinski definition) is 3. The molecule has 0 spiro atoms. The molecule has 29 heavy (non-hydrogen) atoms. The van der Waals surface area contributed by atoms with E-state index in [4.69, 9.17) is 0 Å². The summed E-state index contributed by atoms with van der Waals surface area (Å²) in [7, 11) is -1.37. The third-order valence-corrected chi connectivity index (χ3v) is 6.73. The maximum absolute atomic E-state index is 12.0. The quantitative estimate of drug-likeness (QED) is 0.295. The summed E-state index contributed by atoms with van der Waals surface area (Å²) in [5, 5.41) is 13.5. The van der Waals surface area contributed by atoms with Crippen molar-refractivity contribution in [2.45, 2.75) is 32.4 Å². The van der Waals surface area contributed by atoms with Crippen LogP contribution >= 0.6 is 24.0 Å². The molecule has 0 amide bonds. The van der Waals surface area contributed by atoms with E-state index in [1.54, 1.807) is 18.3 Å². The fraction of sp³-hybridized carbons (Fsp3) is 0.500. The van der Waals surface area contributed by atoms with Crippen LogP contribution in [0.2, 0.25) is 0 Å². The first-order chi connectivity index (χ1) is 13.5. The van der Waals surface area contributed by atoms with Gasteiger partial charge in [-0.25, -0.2) is 17.7 Å². The summed E-state index contributed by atoms with van der Waals surface area (Å²) in [5.41, 5.74) is 2.07. The monoisotopic (exact) mass is 533 g/mol. The van der Waals surface area contributed by atoms with Gasteiger partial charge in [0.1, 0.15) is 6.33 Å². The number of hydrogen-bond acceptors (Lipinski definition) is 5. The summed E-state index contributed by atoms with van der Waals surface area (Å²) in [6.07, 6.45) is 3.02. The smallest absolute Gasteiger partial charge is 0.213 e. The number of benzene rings is 1. The lowest BCUT2D eigenvalue weighted by atomic mass is 10.1. The number of rotatable bonds is 6. The first-order valence-electron chi connectivity index (χ1n) is 9.41. The maximum Gasteiger partial charge on any atom is 0.213 e. The van der Waals surface area contributed by atoms with Gasteiger partial charge in [-0.2, -0.15) is 5.10 Å². The Hall–Kier alpha value is -1.73. The molecule has 0 aliphatic carbocycles. The van der Waals surface area contributed by atoms with Crippen molar-refractivity contribution in [3.05, 3.63) is 36.2 Å². The van der Waals surface area contributed by atoms with Gasteiger partial charge in [0.25, 0.3) is 0 Å². The lowest BCUT2D eigenvalue weighted by Gasteiger charge is -2.32. The highest BCUT2D eigenvalue weighted by molar-refractivity contribution is 14.0. The van der Waals surface area contributed by atoms with Crippen molar-refractivity contribution < 1.29 is 8.42 Å². The van der Waals surface area contributed by atoms with E-state index in [1.807, 2.05) is 18.2 Å². The zero-order valence-electron chi connectivity index (χ0n) is 16.6. The number of aliphatic imine (C=N–C) groups is 1. The number of nitrogens with zero attached hydrogens (tertiary/aromatic N) is 4. The van der Waals surface area contributed by atoms with Crippen LogP contribution in [0.5, 0.6) is 0 Å². The van der Waals surface area contributed by atoms with Crippen LogP contribution in [0.3, 0.4) is 0 Å². The highest BCUT2D eigenvalue weighted by atomic mass is 127. The number of guanidine groups is 1. The third kappa shape index (κ3) is 6.37. The van der Waals surface area contributed by atoms with Gasteiger partial charge in [-0.1, -0.05) is 18.2 Å². The zero-order valence-corrected chi connectivity index (χ0v) is 19.8. The normalized spacial score (nSPS) is 16.3. The summed E-state index contributed by atoms with van der Waals surface area (Å²) < 4.78 is 25.5. The van der Waals surface area contributed by atoms with Gasteiger partial charge in [0.2, 0.25) is 10.0 Å². The molecule has 1 aromatic carbocycles. The SMILES string of the molecule is CCS(=O)(=O)N1CCC(NC(=NC)NCc2cccc(-c3ncn[nH]3)c2)CC1.I. The summed E-state index contributed by atoms with van der Waals surface area (Å²) in [6, 6.07) is 8.25. The standard InChI is InChI=1S/C18H27N7O2S.HI/c1-3-28(26,27)25-9-7-16(8-10-25)23-18(19-2)20-12-14-5-4-6-15(11-14)17-21-13-22-24-17;/h4-6,11,13,16H,3,7-10,12H2,1-2H3,(H2,19,20,23)(H,21,22,24);1H. The van der Waals surface area contributed by atoms with Crippen LogP contribution in [0.4, 0.5) is 0 Å². The van der Waals surface area contributed by atoms with Gasteiger partial charge in [0.05, 0.1) is 5.75 Å². The molecular weight excluding hydrogens is 505 g/mol. The highest BCUT2D eigenvalue weighted by Crippen LogP contribution is 2.16. The van der Waals surface area contributed by atoms with E-state index in [-0.39, 0.29) is 35.8 Å². The van der Waals surface area contributed by atoms with Crippen LogP contribution < -0.4 is 10.6 Å². The molecule has 0 radical (unpaired) electrons. The maximum atomic E-state index is 12.0. The summed E-state index contributed by atoms with van der Waals surface area (Å²) >= 11 is 0. The van der Waals surface area contributed by atoms with E-state index in [1.165, 1.54) is 6.33 Å². The Morgan fingerprint density at radius 1 is 1.34 bits per heavy atom. The van der Waals surface area contributed by atoms with Crippen LogP contribution in [-0.2, 0) is 16.6 Å². The molecule has 1 aliphatic heterocycles. The molecule has 1 aliphatic rings. The molecule has 0 saturated carbocycles. The van der Waals surface area contributed by atoms with Crippen LogP contribution in [0, 0.1) is 0 Å². The lowest BCUT2D eigenvalue weighted by Crippen LogP contribution is -2.49. The molecule has 9 nitrogen and oxygen atoms in total. The van der Waals surface area contributed by atoms with E-state index in [2.05, 4.69) is 36.9 Å². The minimum atomic E-state index is -3.10. The van der Waals surface area contributed by atoms with Crippen molar-refractivity contribution >= 4 is 40.0 Å². The average Bonchev–Trinajstić information content (AvgIpc) is 3.26. The predicted molar refractivity (Wildman–Crippen MR) is 125 cm³/mol. The average molecular weight is 533 g/mol. The van der Waals surface area contributed by atoms with Gasteiger partial charge in [-0.3, -0.25) is 10.1 Å². The summed E-state index contributed by atoms with van der Waals surface area (Å²) in [5.74, 6) is 1.60. The molecule has 2 heterocycles. The van der Waals surface area contributed by atoms with Crippen molar-refractivity contribution in [2.24, 2.45) is 4.99 Å². The molecule has 3 N–H and O–H groups in total. The Morgan fingerprint density at radius 2 is 2.10 bits per heavy atom. The molecule has 1 fully saturated rings. The minimum Gasteiger partial charge on any atom is -0.354 e. The molecule has 3 rings (SSSR count). The molecule has 2 aromatic rings. The summed E-state index contributed by atoms with van der Waals surface area (Å²) in [4.78, 5) is 8.46. The van der Waals surface area contributed by atoms with E-state index in [0.29, 0.717) is 25.6 Å². The highest BCUT2D eigenvalue weighted by Gasteiger charge is 2.26. The Morgan fingerprint density at radius 3 is 2.72 bits per heavy atom. The number of aromatic nitrogens is 3. The number of H-pyrrole nitrogens is 1. The van der Waals surface area contributed by atoms with E-state index >= 15 is 0 Å². The van der Waals surface area contributed by atoms with Crippen molar-refractivity contribution in [3.8, 4) is 11.4 Å². The number of nitrogens with one attached hydrogen (secondary N) is 3. The zero-order chi connectivity index (χ0) is 20.0. The van der Waals surface area contributed by atoms with Crippen molar-refractivity contribution in [1.29, 1.82) is 0 Å². The van der Waals surface area contributed by atoms with Crippen molar-refractivity contribution in [1.82, 2.24) is 30.1 Å². The first-order valence-corrected chi connectivity index (χ1v) is 11.0. The number of halogens is 1. The molecule has 0 atom stereocenters. The molecule has 160 valence electrons. The number of aromatic amines is 1. The second-order valence-corrected chi connectivity index (χ2v) is 8.94. The second-order valence-electron chi connectivity index (χ2n) is 6.68. The van der Waals surface area contributed by atoms with Gasteiger partial charge in [-0.15, -0.1) is 24.0 Å². The number of piperidine rings is 1. The molecule has 11 heteroatoms. The van der Waals surface area contributed by atoms with Crippen LogP contribution in [-0.4, -0.2) is 65.8 Å². The van der Waals surface area contributed by atoms with Gasteiger partial charge in [0, 0.05) is 38.3 Å². The molecule has 0 unspecified atom stereocenters. The fourth-order valence-electron chi connectivity index (χ4n) is 3.21. The van der Waals surface area contributed by atoms with Gasteiger partial charge in [0.15, 0.2) is 11.8 Å². The Labute approximate surface area is 188 Å². The number of sulfonamides is 1. The van der Waals surface area contributed by atoms with Crippen LogP contribution in [0.15, 0.2) is 35.6 Å².